The average molecular weight is 316 g/mol. The fourth-order valence-electron chi connectivity index (χ4n) is 2.91. The van der Waals surface area contributed by atoms with Gasteiger partial charge in [0.2, 0.25) is 5.91 Å². The van der Waals surface area contributed by atoms with E-state index in [0.717, 1.165) is 32.5 Å². The summed E-state index contributed by atoms with van der Waals surface area (Å²) in [6.45, 7) is 9.39. The minimum absolute atomic E-state index is 0.135. The van der Waals surface area contributed by atoms with Crippen molar-refractivity contribution in [1.82, 2.24) is 10.2 Å². The number of carbonyl (C=O) groups is 1. The van der Waals surface area contributed by atoms with Crippen LogP contribution in [0.2, 0.25) is 0 Å². The molecule has 0 spiro atoms. The SMILES string of the molecule is C=CCOCCCC(=O)N1CCNCC1c1ccc(CC)cc1. The number of piperazine rings is 1. The molecule has 4 heteroatoms. The fourth-order valence-corrected chi connectivity index (χ4v) is 2.91. The van der Waals surface area contributed by atoms with Crippen LogP contribution in [-0.2, 0) is 16.0 Å². The molecule has 4 nitrogen and oxygen atoms in total. The Bertz CT molecular complexity index is 499. The maximum Gasteiger partial charge on any atom is 0.223 e. The van der Waals surface area contributed by atoms with Crippen molar-refractivity contribution in [1.29, 1.82) is 0 Å². The van der Waals surface area contributed by atoms with Gasteiger partial charge in [-0.2, -0.15) is 0 Å². The van der Waals surface area contributed by atoms with Crippen LogP contribution in [0.3, 0.4) is 0 Å². The first-order chi connectivity index (χ1) is 11.3. The summed E-state index contributed by atoms with van der Waals surface area (Å²) >= 11 is 0. The first-order valence-corrected chi connectivity index (χ1v) is 8.54. The second-order valence-electron chi connectivity index (χ2n) is 5.87. The number of hydrogen-bond acceptors (Lipinski definition) is 3. The molecule has 1 N–H and O–H groups in total. The van der Waals surface area contributed by atoms with Crippen LogP contribution in [0.15, 0.2) is 36.9 Å². The molecule has 1 fully saturated rings. The van der Waals surface area contributed by atoms with E-state index in [0.29, 0.717) is 19.6 Å². The molecule has 1 heterocycles. The zero-order valence-electron chi connectivity index (χ0n) is 14.1. The second kappa shape index (κ2) is 9.48. The lowest BCUT2D eigenvalue weighted by atomic mass is 10.0. The van der Waals surface area contributed by atoms with E-state index in [1.165, 1.54) is 11.1 Å². The summed E-state index contributed by atoms with van der Waals surface area (Å²) in [4.78, 5) is 14.6. The van der Waals surface area contributed by atoms with E-state index in [4.69, 9.17) is 4.74 Å². The fraction of sp³-hybridized carbons (Fsp3) is 0.526. The Morgan fingerprint density at radius 2 is 2.22 bits per heavy atom. The molecule has 2 rings (SSSR count). The van der Waals surface area contributed by atoms with Gasteiger partial charge < -0.3 is 15.0 Å². The van der Waals surface area contributed by atoms with Crippen molar-refractivity contribution in [2.75, 3.05) is 32.8 Å². The van der Waals surface area contributed by atoms with Crippen molar-refractivity contribution in [3.05, 3.63) is 48.0 Å². The number of ether oxygens (including phenoxy) is 1. The van der Waals surface area contributed by atoms with Crippen LogP contribution in [0.25, 0.3) is 0 Å². The molecule has 1 aliphatic heterocycles. The Morgan fingerprint density at radius 1 is 1.43 bits per heavy atom. The average Bonchev–Trinajstić information content (AvgIpc) is 2.61. The van der Waals surface area contributed by atoms with Gasteiger partial charge in [0.25, 0.3) is 0 Å². The summed E-state index contributed by atoms with van der Waals surface area (Å²) in [7, 11) is 0. The molecule has 1 saturated heterocycles. The van der Waals surface area contributed by atoms with E-state index in [1.54, 1.807) is 6.08 Å². The van der Waals surface area contributed by atoms with E-state index in [1.807, 2.05) is 4.90 Å². The van der Waals surface area contributed by atoms with Gasteiger partial charge in [0.1, 0.15) is 0 Å². The highest BCUT2D eigenvalue weighted by molar-refractivity contribution is 5.77. The number of carbonyl (C=O) groups excluding carboxylic acids is 1. The summed E-state index contributed by atoms with van der Waals surface area (Å²) in [6, 6.07) is 8.77. The summed E-state index contributed by atoms with van der Waals surface area (Å²) < 4.78 is 5.36. The smallest absolute Gasteiger partial charge is 0.223 e. The molecule has 1 unspecified atom stereocenters. The van der Waals surface area contributed by atoms with Gasteiger partial charge in [0.15, 0.2) is 0 Å². The van der Waals surface area contributed by atoms with Gasteiger partial charge in [0.05, 0.1) is 12.6 Å². The van der Waals surface area contributed by atoms with Crippen molar-refractivity contribution in [2.24, 2.45) is 0 Å². The predicted molar refractivity (Wildman–Crippen MR) is 93.4 cm³/mol. The first kappa shape index (κ1) is 17.7. The van der Waals surface area contributed by atoms with Crippen LogP contribution >= 0.6 is 0 Å². The lowest BCUT2D eigenvalue weighted by Gasteiger charge is -2.36. The lowest BCUT2D eigenvalue weighted by molar-refractivity contribution is -0.134. The Balaban J connectivity index is 1.94. The van der Waals surface area contributed by atoms with Gasteiger partial charge in [-0.05, 0) is 24.0 Å². The summed E-state index contributed by atoms with van der Waals surface area (Å²) in [5.41, 5.74) is 2.54. The largest absolute Gasteiger partial charge is 0.377 e. The molecular weight excluding hydrogens is 288 g/mol. The van der Waals surface area contributed by atoms with Gasteiger partial charge >= 0.3 is 0 Å². The van der Waals surface area contributed by atoms with Crippen LogP contribution in [0, 0.1) is 0 Å². The van der Waals surface area contributed by atoms with E-state index >= 15 is 0 Å². The Hall–Kier alpha value is -1.65. The molecule has 0 radical (unpaired) electrons. The Kier molecular flexibility index (Phi) is 7.30. The number of benzene rings is 1. The normalized spacial score (nSPS) is 18.0. The van der Waals surface area contributed by atoms with Crippen molar-refractivity contribution in [3.8, 4) is 0 Å². The van der Waals surface area contributed by atoms with E-state index in [2.05, 4.69) is 43.1 Å². The Labute approximate surface area is 139 Å². The lowest BCUT2D eigenvalue weighted by Crippen LogP contribution is -2.48. The molecule has 0 saturated carbocycles. The van der Waals surface area contributed by atoms with E-state index < -0.39 is 0 Å². The molecule has 1 atom stereocenters. The summed E-state index contributed by atoms with van der Waals surface area (Å²) in [5.74, 6) is 0.221. The zero-order valence-corrected chi connectivity index (χ0v) is 14.1. The summed E-state index contributed by atoms with van der Waals surface area (Å²) in [5, 5.41) is 3.40. The van der Waals surface area contributed by atoms with Crippen molar-refractivity contribution in [2.45, 2.75) is 32.2 Å². The standard InChI is InChI=1S/C19H28N2O2/c1-3-13-23-14-5-6-19(22)21-12-11-20-15-18(21)17-9-7-16(4-2)8-10-17/h3,7-10,18,20H,1,4-6,11-15H2,2H3. The number of hydrogen-bond donors (Lipinski definition) is 1. The molecule has 1 aromatic rings. The quantitative estimate of drug-likeness (QED) is 0.592. The molecule has 23 heavy (non-hydrogen) atoms. The molecule has 0 aliphatic carbocycles. The molecule has 0 bridgehead atoms. The molecule has 1 amide bonds. The van der Waals surface area contributed by atoms with Crippen LogP contribution in [0.5, 0.6) is 0 Å². The molecule has 1 aliphatic rings. The molecular formula is C19H28N2O2. The highest BCUT2D eigenvalue weighted by Crippen LogP contribution is 2.23. The third kappa shape index (κ3) is 5.19. The van der Waals surface area contributed by atoms with E-state index in [9.17, 15) is 4.79 Å². The minimum Gasteiger partial charge on any atom is -0.377 e. The number of aryl methyl sites for hydroxylation is 1. The van der Waals surface area contributed by atoms with Gasteiger partial charge in [-0.1, -0.05) is 37.3 Å². The second-order valence-corrected chi connectivity index (χ2v) is 5.87. The maximum absolute atomic E-state index is 12.6. The van der Waals surface area contributed by atoms with Crippen LogP contribution < -0.4 is 5.32 Å². The molecule has 1 aromatic carbocycles. The highest BCUT2D eigenvalue weighted by Gasteiger charge is 2.27. The van der Waals surface area contributed by atoms with Crippen LogP contribution in [0.1, 0.15) is 36.9 Å². The monoisotopic (exact) mass is 316 g/mol. The van der Waals surface area contributed by atoms with Gasteiger partial charge in [-0.3, -0.25) is 4.79 Å². The number of rotatable bonds is 8. The molecule has 0 aromatic heterocycles. The van der Waals surface area contributed by atoms with Crippen molar-refractivity contribution in [3.63, 3.8) is 0 Å². The van der Waals surface area contributed by atoms with Gasteiger partial charge in [-0.25, -0.2) is 0 Å². The Morgan fingerprint density at radius 3 is 2.91 bits per heavy atom. The first-order valence-electron chi connectivity index (χ1n) is 8.54. The van der Waals surface area contributed by atoms with E-state index in [-0.39, 0.29) is 11.9 Å². The number of nitrogens with zero attached hydrogens (tertiary/aromatic N) is 1. The van der Waals surface area contributed by atoms with Crippen molar-refractivity contribution >= 4 is 5.91 Å². The third-order valence-corrected chi connectivity index (χ3v) is 4.25. The maximum atomic E-state index is 12.6. The zero-order chi connectivity index (χ0) is 16.5. The molecule has 126 valence electrons. The van der Waals surface area contributed by atoms with Crippen LogP contribution in [0.4, 0.5) is 0 Å². The predicted octanol–water partition coefficient (Wildman–Crippen LogP) is 2.70. The van der Waals surface area contributed by atoms with Crippen LogP contribution in [-0.4, -0.2) is 43.7 Å². The topological polar surface area (TPSA) is 41.6 Å². The number of amides is 1. The number of nitrogens with one attached hydrogen (secondary N) is 1. The van der Waals surface area contributed by atoms with Crippen molar-refractivity contribution < 1.29 is 9.53 Å². The third-order valence-electron chi connectivity index (χ3n) is 4.25. The van der Waals surface area contributed by atoms with Gasteiger partial charge in [-0.15, -0.1) is 6.58 Å². The van der Waals surface area contributed by atoms with Gasteiger partial charge in [0, 0.05) is 32.7 Å². The summed E-state index contributed by atoms with van der Waals surface area (Å²) in [6.07, 6.45) is 4.07. The minimum atomic E-state index is 0.135. The highest BCUT2D eigenvalue weighted by atomic mass is 16.5.